The summed E-state index contributed by atoms with van der Waals surface area (Å²) in [4.78, 5) is 14.2. The Labute approximate surface area is 152 Å². The van der Waals surface area contributed by atoms with Crippen LogP contribution in [0.5, 0.6) is 5.75 Å². The first-order valence-electron chi connectivity index (χ1n) is 8.24. The molecule has 7 heteroatoms. The summed E-state index contributed by atoms with van der Waals surface area (Å²) >= 11 is 5.31. The number of carbonyl (C=O) groups excluding carboxylic acids is 1. The highest BCUT2D eigenvalue weighted by Gasteiger charge is 2.33. The van der Waals surface area contributed by atoms with Crippen molar-refractivity contribution in [2.75, 3.05) is 27.4 Å². The van der Waals surface area contributed by atoms with Gasteiger partial charge in [-0.15, -0.1) is 0 Å². The highest BCUT2D eigenvalue weighted by atomic mass is 32.1. The molecule has 1 aromatic carbocycles. The fourth-order valence-corrected chi connectivity index (χ4v) is 3.32. The number of amides is 1. The number of benzene rings is 1. The number of rotatable bonds is 6. The van der Waals surface area contributed by atoms with Crippen molar-refractivity contribution in [2.45, 2.75) is 25.6 Å². The van der Waals surface area contributed by atoms with Gasteiger partial charge in [0, 0.05) is 19.3 Å². The number of carbonyl (C=O) groups is 1. The summed E-state index contributed by atoms with van der Waals surface area (Å²) in [7, 11) is 3.25. The van der Waals surface area contributed by atoms with Gasteiger partial charge in [0.1, 0.15) is 11.4 Å². The molecule has 2 heterocycles. The van der Waals surface area contributed by atoms with E-state index in [9.17, 15) is 4.79 Å². The Morgan fingerprint density at radius 3 is 2.96 bits per heavy atom. The van der Waals surface area contributed by atoms with Crippen molar-refractivity contribution in [3.8, 4) is 5.75 Å². The second-order valence-electron chi connectivity index (χ2n) is 6.04. The van der Waals surface area contributed by atoms with Crippen LogP contribution in [-0.4, -0.2) is 49.4 Å². The first-order valence-corrected chi connectivity index (χ1v) is 8.65. The van der Waals surface area contributed by atoms with Crippen molar-refractivity contribution in [2.24, 2.45) is 0 Å². The van der Waals surface area contributed by atoms with E-state index in [0.717, 1.165) is 36.3 Å². The molecule has 0 aliphatic carbocycles. The minimum Gasteiger partial charge on any atom is -0.496 e. The second-order valence-corrected chi connectivity index (χ2v) is 6.43. The predicted octanol–water partition coefficient (Wildman–Crippen LogP) is 2.08. The Balaban J connectivity index is 1.78. The summed E-state index contributed by atoms with van der Waals surface area (Å²) in [6, 6.07) is 5.70. The third-order valence-corrected chi connectivity index (χ3v) is 4.61. The van der Waals surface area contributed by atoms with E-state index in [-0.39, 0.29) is 12.0 Å². The Bertz CT molecular complexity index is 698. The first kappa shape index (κ1) is 17.8. The first-order chi connectivity index (χ1) is 12.1. The minimum absolute atomic E-state index is 0.0670. The van der Waals surface area contributed by atoms with Gasteiger partial charge < -0.3 is 19.5 Å². The van der Waals surface area contributed by atoms with Gasteiger partial charge in [0.2, 0.25) is 0 Å². The normalized spacial score (nSPS) is 21.9. The maximum atomic E-state index is 12.6. The van der Waals surface area contributed by atoms with E-state index < -0.39 is 0 Å². The molecular weight excluding hydrogens is 340 g/mol. The molecule has 1 unspecified atom stereocenters. The zero-order valence-electron chi connectivity index (χ0n) is 14.4. The molecule has 25 heavy (non-hydrogen) atoms. The fourth-order valence-electron chi connectivity index (χ4n) is 3.05. The van der Waals surface area contributed by atoms with Gasteiger partial charge in [-0.2, -0.15) is 0 Å². The van der Waals surface area contributed by atoms with E-state index in [1.165, 1.54) is 0 Å². The van der Waals surface area contributed by atoms with Crippen molar-refractivity contribution in [1.82, 2.24) is 10.2 Å². The summed E-state index contributed by atoms with van der Waals surface area (Å²) in [6.07, 6.45) is 3.86. The second kappa shape index (κ2) is 7.95. The van der Waals surface area contributed by atoms with Gasteiger partial charge in [-0.1, -0.05) is 6.07 Å². The van der Waals surface area contributed by atoms with E-state index in [0.29, 0.717) is 24.0 Å². The van der Waals surface area contributed by atoms with E-state index in [1.54, 1.807) is 25.2 Å². The highest BCUT2D eigenvalue weighted by molar-refractivity contribution is 7.80. The number of nitrogens with one attached hydrogen (secondary N) is 1. The number of nitrogens with zero attached hydrogens (tertiary/aromatic N) is 1. The van der Waals surface area contributed by atoms with Crippen molar-refractivity contribution >= 4 is 29.3 Å². The quantitative estimate of drug-likeness (QED) is 0.618. The van der Waals surface area contributed by atoms with E-state index >= 15 is 0 Å². The number of hydrogen-bond acceptors (Lipinski definition) is 5. The zero-order valence-corrected chi connectivity index (χ0v) is 15.2. The number of thiocarbonyl (C=S) groups is 1. The molecule has 0 bridgehead atoms. The van der Waals surface area contributed by atoms with Crippen LogP contribution < -0.4 is 10.1 Å². The molecule has 0 saturated carbocycles. The molecule has 6 nitrogen and oxygen atoms in total. The monoisotopic (exact) mass is 362 g/mol. The molecule has 2 saturated heterocycles. The van der Waals surface area contributed by atoms with Gasteiger partial charge in [0.25, 0.3) is 5.91 Å². The summed E-state index contributed by atoms with van der Waals surface area (Å²) in [5.41, 5.74) is 2.27. The highest BCUT2D eigenvalue weighted by Crippen LogP contribution is 2.23. The lowest BCUT2D eigenvalue weighted by atomic mass is 10.1. The van der Waals surface area contributed by atoms with Crippen molar-refractivity contribution in [3.63, 3.8) is 0 Å². The fraction of sp³-hybridized carbons (Fsp3) is 0.444. The Morgan fingerprint density at radius 1 is 1.44 bits per heavy atom. The average Bonchev–Trinajstić information content (AvgIpc) is 3.20. The summed E-state index contributed by atoms with van der Waals surface area (Å²) in [5, 5.41) is 3.44. The van der Waals surface area contributed by atoms with Crippen LogP contribution in [0.15, 0.2) is 23.9 Å². The topological polar surface area (TPSA) is 60.0 Å². The largest absolute Gasteiger partial charge is 0.496 e. The van der Waals surface area contributed by atoms with E-state index in [4.69, 9.17) is 26.4 Å². The molecule has 134 valence electrons. The number of methoxy groups -OCH3 is 2. The van der Waals surface area contributed by atoms with E-state index in [2.05, 4.69) is 5.32 Å². The lowest BCUT2D eigenvalue weighted by Crippen LogP contribution is -2.37. The maximum Gasteiger partial charge on any atom is 0.276 e. The van der Waals surface area contributed by atoms with Crippen LogP contribution in [0.1, 0.15) is 24.0 Å². The molecule has 1 amide bonds. The SMILES string of the molecule is COCc1cc(/C=C2/NC(=S)N(CC3CCCO3)C2=O)ccc1OC. The molecule has 0 spiro atoms. The molecule has 1 aromatic rings. The Hall–Kier alpha value is -1.96. The molecular formula is C18H22N2O4S. The summed E-state index contributed by atoms with van der Waals surface area (Å²) in [6.45, 7) is 1.69. The maximum absolute atomic E-state index is 12.6. The lowest BCUT2D eigenvalue weighted by molar-refractivity contribution is -0.123. The number of hydrogen-bond donors (Lipinski definition) is 1. The van der Waals surface area contributed by atoms with Gasteiger partial charge in [-0.05, 0) is 48.8 Å². The zero-order chi connectivity index (χ0) is 17.8. The standard InChI is InChI=1S/C18H22N2O4S/c1-22-11-13-8-12(5-6-16(13)23-2)9-15-17(21)20(18(25)19-15)10-14-4-3-7-24-14/h5-6,8-9,14H,3-4,7,10-11H2,1-2H3,(H,19,25)/b15-9+. The minimum atomic E-state index is -0.121. The molecule has 2 fully saturated rings. The molecule has 0 radical (unpaired) electrons. The molecule has 3 rings (SSSR count). The van der Waals surface area contributed by atoms with Gasteiger partial charge in [0.15, 0.2) is 5.11 Å². The Kier molecular flexibility index (Phi) is 5.67. The smallest absolute Gasteiger partial charge is 0.276 e. The molecule has 2 aliphatic rings. The van der Waals surface area contributed by atoms with Crippen LogP contribution in [0.3, 0.4) is 0 Å². The van der Waals surface area contributed by atoms with Crippen LogP contribution in [0.2, 0.25) is 0 Å². The summed E-state index contributed by atoms with van der Waals surface area (Å²) < 4.78 is 16.1. The van der Waals surface area contributed by atoms with Crippen LogP contribution in [0, 0.1) is 0 Å². The van der Waals surface area contributed by atoms with Crippen LogP contribution in [0.4, 0.5) is 0 Å². The number of ether oxygens (including phenoxy) is 3. The van der Waals surface area contributed by atoms with Crippen LogP contribution >= 0.6 is 12.2 Å². The molecule has 1 atom stereocenters. The Morgan fingerprint density at radius 2 is 2.28 bits per heavy atom. The average molecular weight is 362 g/mol. The summed E-state index contributed by atoms with van der Waals surface area (Å²) in [5.74, 6) is 0.634. The third-order valence-electron chi connectivity index (χ3n) is 4.29. The predicted molar refractivity (Wildman–Crippen MR) is 98.1 cm³/mol. The van der Waals surface area contributed by atoms with Gasteiger partial charge in [-0.3, -0.25) is 9.69 Å². The van der Waals surface area contributed by atoms with E-state index in [1.807, 2.05) is 18.2 Å². The molecule has 2 aliphatic heterocycles. The van der Waals surface area contributed by atoms with Crippen molar-refractivity contribution in [3.05, 3.63) is 35.0 Å². The van der Waals surface area contributed by atoms with Crippen LogP contribution in [0.25, 0.3) is 6.08 Å². The van der Waals surface area contributed by atoms with Gasteiger partial charge >= 0.3 is 0 Å². The van der Waals surface area contributed by atoms with Crippen molar-refractivity contribution < 1.29 is 19.0 Å². The van der Waals surface area contributed by atoms with Crippen LogP contribution in [-0.2, 0) is 20.9 Å². The molecule has 0 aromatic heterocycles. The van der Waals surface area contributed by atoms with Gasteiger partial charge in [0.05, 0.1) is 26.4 Å². The van der Waals surface area contributed by atoms with Crippen molar-refractivity contribution in [1.29, 1.82) is 0 Å². The molecule has 1 N–H and O–H groups in total. The lowest BCUT2D eigenvalue weighted by Gasteiger charge is -2.18. The van der Waals surface area contributed by atoms with Gasteiger partial charge in [-0.25, -0.2) is 0 Å². The third kappa shape index (κ3) is 4.00.